The summed E-state index contributed by atoms with van der Waals surface area (Å²) in [5, 5.41) is 12.4. The first-order chi connectivity index (χ1) is 9.49. The van der Waals surface area contributed by atoms with E-state index in [4.69, 9.17) is 14.6 Å². The average Bonchev–Trinajstić information content (AvgIpc) is 2.87. The molecule has 1 heterocycles. The largest absolute Gasteiger partial charge is 0.493 e. The van der Waals surface area contributed by atoms with Crippen LogP contribution in [0, 0.1) is 19.8 Å². The molecule has 2 unspecified atom stereocenters. The van der Waals surface area contributed by atoms with Gasteiger partial charge < -0.3 is 19.9 Å². The number of aliphatic carboxylic acids is 1. The standard InChI is InChI=1S/C15H21NO4/c1-8-5-9(2)13(19-3)14(20-4)12(8)11-6-10(7-16-11)15(17)18/h5,10-11,16H,6-7H2,1-4H3,(H,17,18). The molecule has 0 aromatic heterocycles. The zero-order valence-electron chi connectivity index (χ0n) is 12.3. The topological polar surface area (TPSA) is 67.8 Å². The van der Waals surface area contributed by atoms with Crippen LogP contribution < -0.4 is 14.8 Å². The fraction of sp³-hybridized carbons (Fsp3) is 0.533. The summed E-state index contributed by atoms with van der Waals surface area (Å²) in [7, 11) is 3.23. The molecule has 0 spiro atoms. The first kappa shape index (κ1) is 14.7. The number of hydrogen-bond donors (Lipinski definition) is 2. The van der Waals surface area contributed by atoms with Gasteiger partial charge in [0.1, 0.15) is 0 Å². The summed E-state index contributed by atoms with van der Waals surface area (Å²) in [5.41, 5.74) is 3.10. The number of ether oxygens (including phenoxy) is 2. The Labute approximate surface area is 118 Å². The minimum Gasteiger partial charge on any atom is -0.493 e. The van der Waals surface area contributed by atoms with E-state index >= 15 is 0 Å². The van der Waals surface area contributed by atoms with Crippen molar-refractivity contribution >= 4 is 5.97 Å². The van der Waals surface area contributed by atoms with E-state index in [-0.39, 0.29) is 12.0 Å². The van der Waals surface area contributed by atoms with Gasteiger partial charge in [0.2, 0.25) is 0 Å². The van der Waals surface area contributed by atoms with Crippen LogP contribution in [-0.4, -0.2) is 31.8 Å². The van der Waals surface area contributed by atoms with Crippen LogP contribution in [0.1, 0.15) is 29.2 Å². The lowest BCUT2D eigenvalue weighted by atomic mass is 9.93. The zero-order valence-corrected chi connectivity index (χ0v) is 12.3. The molecular formula is C15H21NO4. The summed E-state index contributed by atoms with van der Waals surface area (Å²) in [6.07, 6.45) is 0.568. The van der Waals surface area contributed by atoms with Crippen molar-refractivity contribution < 1.29 is 19.4 Å². The number of rotatable bonds is 4. The highest BCUT2D eigenvalue weighted by atomic mass is 16.5. The van der Waals surface area contributed by atoms with Crippen LogP contribution in [-0.2, 0) is 4.79 Å². The van der Waals surface area contributed by atoms with Gasteiger partial charge in [-0.1, -0.05) is 6.07 Å². The molecule has 1 fully saturated rings. The quantitative estimate of drug-likeness (QED) is 0.883. The number of carboxylic acids is 1. The first-order valence-corrected chi connectivity index (χ1v) is 6.67. The fourth-order valence-corrected chi connectivity index (χ4v) is 2.98. The Bertz CT molecular complexity index is 527. The molecule has 1 aliphatic rings. The predicted molar refractivity (Wildman–Crippen MR) is 75.5 cm³/mol. The lowest BCUT2D eigenvalue weighted by molar-refractivity contribution is -0.141. The van der Waals surface area contributed by atoms with Crippen molar-refractivity contribution in [3.05, 3.63) is 22.8 Å². The summed E-state index contributed by atoms with van der Waals surface area (Å²) < 4.78 is 11.0. The maximum atomic E-state index is 11.1. The van der Waals surface area contributed by atoms with E-state index in [0.29, 0.717) is 24.5 Å². The van der Waals surface area contributed by atoms with E-state index in [2.05, 4.69) is 5.32 Å². The van der Waals surface area contributed by atoms with Crippen molar-refractivity contribution in [2.75, 3.05) is 20.8 Å². The zero-order chi connectivity index (χ0) is 14.9. The van der Waals surface area contributed by atoms with Crippen molar-refractivity contribution in [2.24, 2.45) is 5.92 Å². The number of hydrogen-bond acceptors (Lipinski definition) is 4. The molecule has 110 valence electrons. The maximum Gasteiger partial charge on any atom is 0.307 e. The van der Waals surface area contributed by atoms with E-state index in [1.165, 1.54) is 0 Å². The van der Waals surface area contributed by atoms with Gasteiger partial charge in [0.15, 0.2) is 11.5 Å². The van der Waals surface area contributed by atoms with Gasteiger partial charge in [-0.3, -0.25) is 4.79 Å². The van der Waals surface area contributed by atoms with Crippen LogP contribution in [0.25, 0.3) is 0 Å². The molecule has 1 aromatic carbocycles. The average molecular weight is 279 g/mol. The van der Waals surface area contributed by atoms with Gasteiger partial charge in [-0.05, 0) is 31.4 Å². The lowest BCUT2D eigenvalue weighted by Gasteiger charge is -2.21. The Kier molecular flexibility index (Phi) is 4.18. The molecule has 1 saturated heterocycles. The monoisotopic (exact) mass is 279 g/mol. The minimum atomic E-state index is -0.754. The van der Waals surface area contributed by atoms with Gasteiger partial charge in [-0.2, -0.15) is 0 Å². The Morgan fingerprint density at radius 3 is 2.40 bits per heavy atom. The molecule has 20 heavy (non-hydrogen) atoms. The molecular weight excluding hydrogens is 258 g/mol. The fourth-order valence-electron chi connectivity index (χ4n) is 2.98. The van der Waals surface area contributed by atoms with E-state index in [1.54, 1.807) is 14.2 Å². The first-order valence-electron chi connectivity index (χ1n) is 6.67. The normalized spacial score (nSPS) is 21.8. The number of carbonyl (C=O) groups is 1. The SMILES string of the molecule is COc1c(C)cc(C)c(C2CC(C(=O)O)CN2)c1OC. The summed E-state index contributed by atoms with van der Waals surface area (Å²) in [5.74, 6) is 0.314. The van der Waals surface area contributed by atoms with Gasteiger partial charge in [0.05, 0.1) is 20.1 Å². The molecule has 1 aliphatic heterocycles. The highest BCUT2D eigenvalue weighted by Gasteiger charge is 2.33. The van der Waals surface area contributed by atoms with Crippen LogP contribution in [0.5, 0.6) is 11.5 Å². The third kappa shape index (κ3) is 2.45. The predicted octanol–water partition coefficient (Wildman–Crippen LogP) is 2.06. The van der Waals surface area contributed by atoms with Crippen LogP contribution in [0.3, 0.4) is 0 Å². The van der Waals surface area contributed by atoms with Crippen LogP contribution in [0.4, 0.5) is 0 Å². The van der Waals surface area contributed by atoms with Crippen molar-refractivity contribution in [1.29, 1.82) is 0 Å². The molecule has 0 radical (unpaired) electrons. The van der Waals surface area contributed by atoms with Crippen LogP contribution in [0.2, 0.25) is 0 Å². The molecule has 5 heteroatoms. The third-order valence-corrected chi connectivity index (χ3v) is 3.90. The van der Waals surface area contributed by atoms with Crippen molar-refractivity contribution in [3.8, 4) is 11.5 Å². The number of methoxy groups -OCH3 is 2. The molecule has 2 atom stereocenters. The van der Waals surface area contributed by atoms with E-state index in [9.17, 15) is 4.79 Å². The van der Waals surface area contributed by atoms with E-state index < -0.39 is 5.97 Å². The maximum absolute atomic E-state index is 11.1. The Morgan fingerprint density at radius 1 is 1.25 bits per heavy atom. The van der Waals surface area contributed by atoms with Gasteiger partial charge in [0, 0.05) is 18.2 Å². The summed E-state index contributed by atoms with van der Waals surface area (Å²) in [6, 6.07) is 2.03. The second-order valence-electron chi connectivity index (χ2n) is 5.22. The van der Waals surface area contributed by atoms with Crippen molar-refractivity contribution in [1.82, 2.24) is 5.32 Å². The van der Waals surface area contributed by atoms with Gasteiger partial charge >= 0.3 is 5.97 Å². The van der Waals surface area contributed by atoms with Crippen LogP contribution >= 0.6 is 0 Å². The molecule has 0 bridgehead atoms. The molecule has 0 amide bonds. The highest BCUT2D eigenvalue weighted by Crippen LogP contribution is 2.42. The molecule has 2 N–H and O–H groups in total. The van der Waals surface area contributed by atoms with Gasteiger partial charge in [0.25, 0.3) is 0 Å². The summed E-state index contributed by atoms with van der Waals surface area (Å²) in [6.45, 7) is 4.47. The van der Waals surface area contributed by atoms with E-state index in [1.807, 2.05) is 19.9 Å². The number of aryl methyl sites for hydroxylation is 2. The third-order valence-electron chi connectivity index (χ3n) is 3.90. The van der Waals surface area contributed by atoms with Crippen molar-refractivity contribution in [2.45, 2.75) is 26.3 Å². The lowest BCUT2D eigenvalue weighted by Crippen LogP contribution is -2.18. The van der Waals surface area contributed by atoms with Gasteiger partial charge in [-0.25, -0.2) is 0 Å². The minimum absolute atomic E-state index is 0.0134. The molecule has 0 saturated carbocycles. The highest BCUT2D eigenvalue weighted by molar-refractivity contribution is 5.71. The van der Waals surface area contributed by atoms with Gasteiger partial charge in [-0.15, -0.1) is 0 Å². The Balaban J connectivity index is 2.44. The molecule has 0 aliphatic carbocycles. The molecule has 2 rings (SSSR count). The van der Waals surface area contributed by atoms with E-state index in [0.717, 1.165) is 16.7 Å². The molecule has 5 nitrogen and oxygen atoms in total. The Morgan fingerprint density at radius 2 is 1.90 bits per heavy atom. The summed E-state index contributed by atoms with van der Waals surface area (Å²) >= 11 is 0. The second kappa shape index (κ2) is 5.71. The summed E-state index contributed by atoms with van der Waals surface area (Å²) in [4.78, 5) is 11.1. The number of benzene rings is 1. The molecule has 1 aromatic rings. The smallest absolute Gasteiger partial charge is 0.307 e. The second-order valence-corrected chi connectivity index (χ2v) is 5.22. The number of nitrogens with one attached hydrogen (secondary N) is 1. The van der Waals surface area contributed by atoms with Crippen LogP contribution in [0.15, 0.2) is 6.07 Å². The van der Waals surface area contributed by atoms with Crippen molar-refractivity contribution in [3.63, 3.8) is 0 Å². The number of carboxylic acid groups (broad SMARTS) is 1. The Hall–Kier alpha value is -1.75.